The molecular formula is C10H13N3O3S. The molecule has 92 valence electrons. The van der Waals surface area contributed by atoms with Crippen molar-refractivity contribution in [3.05, 3.63) is 22.4 Å². The van der Waals surface area contributed by atoms with Gasteiger partial charge in [0.15, 0.2) is 0 Å². The molecule has 0 aliphatic rings. The summed E-state index contributed by atoms with van der Waals surface area (Å²) >= 11 is 1.36. The third kappa shape index (κ3) is 3.28. The Morgan fingerprint density at radius 1 is 1.47 bits per heavy atom. The van der Waals surface area contributed by atoms with Gasteiger partial charge in [-0.1, -0.05) is 6.07 Å². The van der Waals surface area contributed by atoms with Crippen molar-refractivity contribution in [1.29, 1.82) is 0 Å². The lowest BCUT2D eigenvalue weighted by atomic mass is 10.3. The summed E-state index contributed by atoms with van der Waals surface area (Å²) in [5, 5.41) is 6.57. The molecule has 17 heavy (non-hydrogen) atoms. The number of urea groups is 2. The quantitative estimate of drug-likeness (QED) is 0.790. The number of imide groups is 1. The second-order valence-corrected chi connectivity index (χ2v) is 4.17. The summed E-state index contributed by atoms with van der Waals surface area (Å²) in [4.78, 5) is 35.2. The van der Waals surface area contributed by atoms with Crippen molar-refractivity contribution in [2.24, 2.45) is 0 Å². The van der Waals surface area contributed by atoms with Crippen LogP contribution in [0.1, 0.15) is 10.9 Å². The maximum atomic E-state index is 11.6. The summed E-state index contributed by atoms with van der Waals surface area (Å²) in [7, 11) is 2.74. The zero-order valence-electron chi connectivity index (χ0n) is 9.47. The predicted octanol–water partition coefficient (Wildman–Crippen LogP) is 0.969. The summed E-state index contributed by atoms with van der Waals surface area (Å²) in [6.07, 6.45) is 0.626. The molecule has 0 fully saturated rings. The standard InChI is InChI=1S/C10H13N3O3S/c1-11-9(15)13(2)10(16)12-7(6-14)8-4-3-5-17-8/h3-7H,1-2H3,(H,11,15)(H,12,16). The largest absolute Gasteiger partial charge is 0.341 e. The average Bonchev–Trinajstić information content (AvgIpc) is 2.87. The minimum Gasteiger partial charge on any atom is -0.341 e. The molecule has 1 unspecified atom stereocenters. The Labute approximate surface area is 103 Å². The number of nitrogens with zero attached hydrogens (tertiary/aromatic N) is 1. The van der Waals surface area contributed by atoms with E-state index in [4.69, 9.17) is 0 Å². The number of amides is 4. The molecule has 1 atom stereocenters. The van der Waals surface area contributed by atoms with Gasteiger partial charge in [-0.25, -0.2) is 14.5 Å². The van der Waals surface area contributed by atoms with Gasteiger partial charge in [0.2, 0.25) is 0 Å². The number of rotatable bonds is 3. The number of thiophene rings is 1. The lowest BCUT2D eigenvalue weighted by molar-refractivity contribution is -0.109. The number of nitrogens with one attached hydrogen (secondary N) is 2. The SMILES string of the molecule is CNC(=O)N(C)C(=O)NC(C=O)c1cccs1. The fraction of sp³-hybridized carbons (Fsp3) is 0.300. The van der Waals surface area contributed by atoms with Crippen LogP contribution in [-0.4, -0.2) is 37.3 Å². The van der Waals surface area contributed by atoms with Gasteiger partial charge in [-0.2, -0.15) is 0 Å². The molecule has 0 bridgehead atoms. The molecule has 6 nitrogen and oxygen atoms in total. The first-order chi connectivity index (χ1) is 8.10. The highest BCUT2D eigenvalue weighted by atomic mass is 32.1. The van der Waals surface area contributed by atoms with E-state index >= 15 is 0 Å². The van der Waals surface area contributed by atoms with Crippen LogP contribution in [0.25, 0.3) is 0 Å². The molecule has 4 amide bonds. The van der Waals surface area contributed by atoms with E-state index in [1.54, 1.807) is 17.5 Å². The summed E-state index contributed by atoms with van der Waals surface area (Å²) in [6.45, 7) is 0. The number of carbonyl (C=O) groups excluding carboxylic acids is 3. The minimum atomic E-state index is -0.727. The Kier molecular flexibility index (Phi) is 4.65. The zero-order chi connectivity index (χ0) is 12.8. The molecular weight excluding hydrogens is 242 g/mol. The van der Waals surface area contributed by atoms with Gasteiger partial charge in [0, 0.05) is 19.0 Å². The normalized spacial score (nSPS) is 11.4. The van der Waals surface area contributed by atoms with Gasteiger partial charge in [-0.3, -0.25) is 0 Å². The van der Waals surface area contributed by atoms with Crippen LogP contribution in [0.5, 0.6) is 0 Å². The molecule has 1 heterocycles. The smallest absolute Gasteiger partial charge is 0.326 e. The second kappa shape index (κ2) is 6.00. The molecule has 0 aliphatic heterocycles. The van der Waals surface area contributed by atoms with Crippen LogP contribution in [0.4, 0.5) is 9.59 Å². The Morgan fingerprint density at radius 3 is 2.65 bits per heavy atom. The highest BCUT2D eigenvalue weighted by Gasteiger charge is 2.20. The van der Waals surface area contributed by atoms with Gasteiger partial charge < -0.3 is 15.4 Å². The molecule has 0 radical (unpaired) electrons. The van der Waals surface area contributed by atoms with Crippen LogP contribution in [0.2, 0.25) is 0 Å². The van der Waals surface area contributed by atoms with E-state index < -0.39 is 18.1 Å². The van der Waals surface area contributed by atoms with Gasteiger partial charge >= 0.3 is 12.1 Å². The van der Waals surface area contributed by atoms with E-state index in [0.717, 1.165) is 9.78 Å². The zero-order valence-corrected chi connectivity index (χ0v) is 10.3. The van der Waals surface area contributed by atoms with E-state index in [9.17, 15) is 14.4 Å². The summed E-state index contributed by atoms with van der Waals surface area (Å²) in [5.41, 5.74) is 0. The van der Waals surface area contributed by atoms with Gasteiger partial charge in [-0.05, 0) is 11.4 Å². The molecule has 1 aromatic heterocycles. The molecule has 7 heteroatoms. The minimum absolute atomic E-state index is 0.543. The van der Waals surface area contributed by atoms with Crippen molar-refractivity contribution in [1.82, 2.24) is 15.5 Å². The highest BCUT2D eigenvalue weighted by molar-refractivity contribution is 7.10. The van der Waals surface area contributed by atoms with Crippen LogP contribution < -0.4 is 10.6 Å². The van der Waals surface area contributed by atoms with E-state index in [0.29, 0.717) is 6.29 Å². The number of aldehydes is 1. The summed E-state index contributed by atoms with van der Waals surface area (Å²) < 4.78 is 0. The highest BCUT2D eigenvalue weighted by Crippen LogP contribution is 2.17. The van der Waals surface area contributed by atoms with Crippen molar-refractivity contribution in [3.8, 4) is 0 Å². The second-order valence-electron chi connectivity index (χ2n) is 3.19. The molecule has 0 aromatic carbocycles. The van der Waals surface area contributed by atoms with Gasteiger partial charge in [0.25, 0.3) is 0 Å². The average molecular weight is 255 g/mol. The van der Waals surface area contributed by atoms with Crippen molar-refractivity contribution < 1.29 is 14.4 Å². The third-order valence-electron chi connectivity index (χ3n) is 2.09. The van der Waals surface area contributed by atoms with Crippen molar-refractivity contribution in [3.63, 3.8) is 0 Å². The lowest BCUT2D eigenvalue weighted by Crippen LogP contribution is -2.46. The fourth-order valence-electron chi connectivity index (χ4n) is 1.13. The van der Waals surface area contributed by atoms with E-state index in [2.05, 4.69) is 10.6 Å². The van der Waals surface area contributed by atoms with Crippen molar-refractivity contribution in [2.45, 2.75) is 6.04 Å². The topological polar surface area (TPSA) is 78.5 Å². The molecule has 0 aliphatic carbocycles. The predicted molar refractivity (Wildman–Crippen MR) is 63.9 cm³/mol. The van der Waals surface area contributed by atoms with Crippen molar-refractivity contribution in [2.75, 3.05) is 14.1 Å². The third-order valence-corrected chi connectivity index (χ3v) is 3.04. The summed E-state index contributed by atoms with van der Waals surface area (Å²) in [6, 6.07) is 1.62. The molecule has 0 spiro atoms. The van der Waals surface area contributed by atoms with Crippen LogP contribution in [0.3, 0.4) is 0 Å². The van der Waals surface area contributed by atoms with Crippen LogP contribution >= 0.6 is 11.3 Å². The van der Waals surface area contributed by atoms with Crippen molar-refractivity contribution >= 4 is 29.7 Å². The Morgan fingerprint density at radius 2 is 2.18 bits per heavy atom. The first-order valence-corrected chi connectivity index (χ1v) is 5.72. The molecule has 0 saturated carbocycles. The van der Waals surface area contributed by atoms with E-state index in [1.165, 1.54) is 25.4 Å². The first kappa shape index (κ1) is 13.2. The molecule has 1 rings (SSSR count). The van der Waals surface area contributed by atoms with E-state index in [-0.39, 0.29) is 0 Å². The Balaban J connectivity index is 2.66. The van der Waals surface area contributed by atoms with Crippen LogP contribution in [-0.2, 0) is 4.79 Å². The van der Waals surface area contributed by atoms with Crippen LogP contribution in [0.15, 0.2) is 17.5 Å². The van der Waals surface area contributed by atoms with Crippen LogP contribution in [0, 0.1) is 0 Å². The van der Waals surface area contributed by atoms with E-state index in [1.807, 2.05) is 0 Å². The fourth-order valence-corrected chi connectivity index (χ4v) is 1.86. The molecule has 2 N–H and O–H groups in total. The maximum Gasteiger partial charge on any atom is 0.326 e. The van der Waals surface area contributed by atoms with Gasteiger partial charge in [0.05, 0.1) is 0 Å². The Hall–Kier alpha value is -1.89. The Bertz CT molecular complexity index is 405. The monoisotopic (exact) mass is 255 g/mol. The molecule has 0 saturated heterocycles. The van der Waals surface area contributed by atoms with Gasteiger partial charge in [0.1, 0.15) is 12.3 Å². The first-order valence-electron chi connectivity index (χ1n) is 4.84. The van der Waals surface area contributed by atoms with Gasteiger partial charge in [-0.15, -0.1) is 11.3 Å². The number of carbonyl (C=O) groups is 3. The lowest BCUT2D eigenvalue weighted by Gasteiger charge is -2.18. The maximum absolute atomic E-state index is 11.6. The molecule has 1 aromatic rings. The number of hydrogen-bond acceptors (Lipinski definition) is 4. The summed E-state index contributed by atoms with van der Waals surface area (Å²) in [5.74, 6) is 0. The number of hydrogen-bond donors (Lipinski definition) is 2.